The van der Waals surface area contributed by atoms with Crippen molar-refractivity contribution in [3.63, 3.8) is 0 Å². The number of hydrogen-bond donors (Lipinski definition) is 2. The molecule has 104 valence electrons. The van der Waals surface area contributed by atoms with Gasteiger partial charge in [-0.05, 0) is 18.6 Å². The summed E-state index contributed by atoms with van der Waals surface area (Å²) in [5.74, 6) is 0.594. The van der Waals surface area contributed by atoms with Crippen LogP contribution in [0.5, 0.6) is 0 Å². The van der Waals surface area contributed by atoms with Gasteiger partial charge in [0.05, 0.1) is 5.69 Å². The van der Waals surface area contributed by atoms with Crippen LogP contribution in [0.1, 0.15) is 30.7 Å². The summed E-state index contributed by atoms with van der Waals surface area (Å²) in [4.78, 5) is 12.3. The van der Waals surface area contributed by atoms with Crippen LogP contribution in [-0.2, 0) is 5.41 Å². The second-order valence-electron chi connectivity index (χ2n) is 5.26. The first-order valence-corrected chi connectivity index (χ1v) is 6.39. The van der Waals surface area contributed by atoms with Gasteiger partial charge in [0.15, 0.2) is 0 Å². The van der Waals surface area contributed by atoms with Crippen LogP contribution in [-0.4, -0.2) is 15.0 Å². The predicted octanol–water partition coefficient (Wildman–Crippen LogP) is 2.34. The maximum absolute atomic E-state index is 5.90. The SMILES string of the molecule is Cc1nc(N)nc(N)c1/C=C\C(C)(C)c1cccnc1. The van der Waals surface area contributed by atoms with Crippen molar-refractivity contribution in [2.75, 3.05) is 11.5 Å². The van der Waals surface area contributed by atoms with Crippen LogP contribution in [0.25, 0.3) is 6.08 Å². The molecule has 5 heteroatoms. The van der Waals surface area contributed by atoms with Gasteiger partial charge in [0.25, 0.3) is 0 Å². The Kier molecular flexibility index (Phi) is 3.70. The molecule has 2 aromatic heterocycles. The summed E-state index contributed by atoms with van der Waals surface area (Å²) in [6.07, 6.45) is 7.64. The summed E-state index contributed by atoms with van der Waals surface area (Å²) in [6.45, 7) is 6.10. The van der Waals surface area contributed by atoms with Gasteiger partial charge in [-0.15, -0.1) is 0 Å². The lowest BCUT2D eigenvalue weighted by molar-refractivity contribution is 0.669. The fourth-order valence-corrected chi connectivity index (χ4v) is 1.96. The molecule has 0 bridgehead atoms. The number of nitrogen functional groups attached to an aromatic ring is 2. The van der Waals surface area contributed by atoms with Gasteiger partial charge in [-0.25, -0.2) is 4.98 Å². The second-order valence-corrected chi connectivity index (χ2v) is 5.26. The first-order valence-electron chi connectivity index (χ1n) is 6.39. The first-order chi connectivity index (χ1) is 9.40. The van der Waals surface area contributed by atoms with Crippen molar-refractivity contribution in [3.8, 4) is 0 Å². The van der Waals surface area contributed by atoms with Crippen LogP contribution in [0, 0.1) is 6.92 Å². The maximum Gasteiger partial charge on any atom is 0.222 e. The minimum atomic E-state index is -0.158. The number of nitrogens with zero attached hydrogens (tertiary/aromatic N) is 3. The number of anilines is 2. The first kappa shape index (κ1) is 14.0. The van der Waals surface area contributed by atoms with Gasteiger partial charge in [0.1, 0.15) is 5.82 Å². The molecule has 0 radical (unpaired) electrons. The van der Waals surface area contributed by atoms with Gasteiger partial charge in [0, 0.05) is 23.4 Å². The largest absolute Gasteiger partial charge is 0.383 e. The molecule has 4 N–H and O–H groups in total. The van der Waals surface area contributed by atoms with E-state index in [0.29, 0.717) is 5.82 Å². The number of pyridine rings is 1. The van der Waals surface area contributed by atoms with Gasteiger partial charge >= 0.3 is 0 Å². The van der Waals surface area contributed by atoms with Gasteiger partial charge in [-0.2, -0.15) is 4.98 Å². The Labute approximate surface area is 118 Å². The van der Waals surface area contributed by atoms with E-state index < -0.39 is 0 Å². The standard InChI is InChI=1S/C15H19N5/c1-10-12(13(16)20-14(17)19-10)6-7-15(2,3)11-5-4-8-18-9-11/h4-9H,1-3H3,(H4,16,17,19,20)/b7-6-. The molecule has 0 unspecified atom stereocenters. The number of allylic oxidation sites excluding steroid dienone is 1. The van der Waals surface area contributed by atoms with E-state index >= 15 is 0 Å². The molecule has 0 saturated heterocycles. The van der Waals surface area contributed by atoms with Crippen LogP contribution in [0.2, 0.25) is 0 Å². The lowest BCUT2D eigenvalue weighted by Gasteiger charge is -2.20. The Bertz CT molecular complexity index is 609. The molecule has 0 fully saturated rings. The third-order valence-electron chi connectivity index (χ3n) is 3.26. The molecule has 0 aromatic carbocycles. The molecule has 0 aliphatic heterocycles. The van der Waals surface area contributed by atoms with Gasteiger partial charge in [0.2, 0.25) is 5.95 Å². The Morgan fingerprint density at radius 3 is 2.55 bits per heavy atom. The Morgan fingerprint density at radius 1 is 1.20 bits per heavy atom. The Morgan fingerprint density at radius 2 is 1.95 bits per heavy atom. The van der Waals surface area contributed by atoms with Crippen molar-refractivity contribution in [2.24, 2.45) is 0 Å². The number of aryl methyl sites for hydroxylation is 1. The zero-order valence-electron chi connectivity index (χ0n) is 12.0. The molecule has 20 heavy (non-hydrogen) atoms. The number of rotatable bonds is 3. The quantitative estimate of drug-likeness (QED) is 0.892. The van der Waals surface area contributed by atoms with Gasteiger partial charge in [-0.3, -0.25) is 4.98 Å². The molecule has 0 amide bonds. The fraction of sp³-hybridized carbons (Fsp3) is 0.267. The monoisotopic (exact) mass is 269 g/mol. The van der Waals surface area contributed by atoms with E-state index in [9.17, 15) is 0 Å². The molecular formula is C15H19N5. The average Bonchev–Trinajstić information content (AvgIpc) is 2.38. The normalized spacial score (nSPS) is 11.9. The van der Waals surface area contributed by atoms with E-state index in [0.717, 1.165) is 16.8 Å². The summed E-state index contributed by atoms with van der Waals surface area (Å²) in [6, 6.07) is 3.98. The Hall–Kier alpha value is -2.43. The molecule has 0 atom stereocenters. The number of aromatic nitrogens is 3. The van der Waals surface area contributed by atoms with Crippen LogP contribution in [0.15, 0.2) is 30.6 Å². The van der Waals surface area contributed by atoms with Crippen molar-refractivity contribution in [3.05, 3.63) is 47.4 Å². The van der Waals surface area contributed by atoms with Gasteiger partial charge in [-0.1, -0.05) is 32.1 Å². The van der Waals surface area contributed by atoms with Crippen molar-refractivity contribution >= 4 is 17.8 Å². The highest BCUT2D eigenvalue weighted by Gasteiger charge is 2.17. The lowest BCUT2D eigenvalue weighted by Crippen LogP contribution is -2.13. The summed E-state index contributed by atoms with van der Waals surface area (Å²) >= 11 is 0. The molecule has 0 saturated carbocycles. The van der Waals surface area contributed by atoms with Crippen molar-refractivity contribution < 1.29 is 0 Å². The third-order valence-corrected chi connectivity index (χ3v) is 3.26. The summed E-state index contributed by atoms with van der Waals surface area (Å²) in [5, 5.41) is 0. The topological polar surface area (TPSA) is 90.7 Å². The average molecular weight is 269 g/mol. The minimum absolute atomic E-state index is 0.158. The predicted molar refractivity (Wildman–Crippen MR) is 81.9 cm³/mol. The van der Waals surface area contributed by atoms with Crippen molar-refractivity contribution in [1.29, 1.82) is 0 Å². The maximum atomic E-state index is 5.90. The lowest BCUT2D eigenvalue weighted by atomic mass is 9.85. The van der Waals surface area contributed by atoms with Crippen molar-refractivity contribution in [1.82, 2.24) is 15.0 Å². The smallest absolute Gasteiger partial charge is 0.222 e. The van der Waals surface area contributed by atoms with Gasteiger partial charge < -0.3 is 11.5 Å². The molecular weight excluding hydrogens is 250 g/mol. The molecule has 0 aliphatic carbocycles. The molecule has 2 aromatic rings. The number of hydrogen-bond acceptors (Lipinski definition) is 5. The highest BCUT2D eigenvalue weighted by Crippen LogP contribution is 2.26. The van der Waals surface area contributed by atoms with E-state index in [1.54, 1.807) is 6.20 Å². The molecule has 5 nitrogen and oxygen atoms in total. The zero-order valence-corrected chi connectivity index (χ0v) is 12.0. The second kappa shape index (κ2) is 5.28. The highest BCUT2D eigenvalue weighted by atomic mass is 15.0. The molecule has 0 aliphatic rings. The van der Waals surface area contributed by atoms with Crippen molar-refractivity contribution in [2.45, 2.75) is 26.2 Å². The van der Waals surface area contributed by atoms with Crippen LogP contribution >= 0.6 is 0 Å². The summed E-state index contributed by atoms with van der Waals surface area (Å²) in [7, 11) is 0. The Balaban J connectivity index is 2.34. The third kappa shape index (κ3) is 2.93. The van der Waals surface area contributed by atoms with E-state index in [4.69, 9.17) is 11.5 Å². The fourth-order valence-electron chi connectivity index (χ4n) is 1.96. The van der Waals surface area contributed by atoms with E-state index in [1.165, 1.54) is 0 Å². The van der Waals surface area contributed by atoms with E-state index in [-0.39, 0.29) is 11.4 Å². The molecule has 2 rings (SSSR count). The van der Waals surface area contributed by atoms with E-state index in [1.807, 2.05) is 31.3 Å². The summed E-state index contributed by atoms with van der Waals surface area (Å²) < 4.78 is 0. The van der Waals surface area contributed by atoms with Crippen LogP contribution in [0.4, 0.5) is 11.8 Å². The number of nitrogens with two attached hydrogens (primary N) is 2. The van der Waals surface area contributed by atoms with Crippen LogP contribution in [0.3, 0.4) is 0 Å². The van der Waals surface area contributed by atoms with E-state index in [2.05, 4.69) is 34.9 Å². The van der Waals surface area contributed by atoms with Crippen LogP contribution < -0.4 is 11.5 Å². The molecule has 2 heterocycles. The zero-order chi connectivity index (χ0) is 14.8. The molecule has 0 spiro atoms. The highest BCUT2D eigenvalue weighted by molar-refractivity contribution is 5.65. The minimum Gasteiger partial charge on any atom is -0.383 e. The summed E-state index contributed by atoms with van der Waals surface area (Å²) in [5.41, 5.74) is 14.0.